The Morgan fingerprint density at radius 2 is 1.56 bits per heavy atom. The number of ketones is 1. The van der Waals surface area contributed by atoms with Crippen LogP contribution in [0.1, 0.15) is 49.0 Å². The first-order valence-electron chi connectivity index (χ1n) is 18.5. The Morgan fingerprint density at radius 3 is 2.27 bits per heavy atom. The Kier molecular flexibility index (Phi) is 12.9. The van der Waals surface area contributed by atoms with Crippen molar-refractivity contribution in [3.05, 3.63) is 58.3 Å². The number of Topliss-reactive ketones (excluding diaryl/α,β-unsaturated/α-hetero) is 1. The van der Waals surface area contributed by atoms with Crippen LogP contribution in [-0.4, -0.2) is 144 Å². The molecule has 15 heteroatoms. The Hall–Kier alpha value is -4.34. The molecule has 4 aliphatic heterocycles. The van der Waals surface area contributed by atoms with Crippen molar-refractivity contribution in [2.24, 2.45) is 0 Å². The minimum Gasteiger partial charge on any atom is -0.344 e. The van der Waals surface area contributed by atoms with Gasteiger partial charge in [-0.2, -0.15) is 0 Å². The number of hydrogen-bond donors (Lipinski definition) is 3. The number of nitrogens with one attached hydrogen (secondary N) is 3. The molecule has 3 N–H and O–H groups in total. The van der Waals surface area contributed by atoms with Crippen molar-refractivity contribution in [1.82, 2.24) is 40.7 Å². The molecular formula is C37H50N8O6S. The zero-order valence-electron chi connectivity index (χ0n) is 29.7. The third-order valence-electron chi connectivity index (χ3n) is 10.4. The van der Waals surface area contributed by atoms with Gasteiger partial charge in [-0.25, -0.2) is 9.80 Å². The van der Waals surface area contributed by atoms with Crippen LogP contribution in [0.3, 0.4) is 0 Å². The van der Waals surface area contributed by atoms with Crippen molar-refractivity contribution in [1.29, 1.82) is 0 Å². The van der Waals surface area contributed by atoms with E-state index in [0.29, 0.717) is 58.5 Å². The summed E-state index contributed by atoms with van der Waals surface area (Å²) in [4.78, 5) is 88.0. The fourth-order valence-corrected chi connectivity index (χ4v) is 8.14. The third-order valence-corrected chi connectivity index (χ3v) is 11.3. The summed E-state index contributed by atoms with van der Waals surface area (Å²) in [5.41, 5.74) is 0.882. The van der Waals surface area contributed by atoms with E-state index in [-0.39, 0.29) is 49.9 Å². The van der Waals surface area contributed by atoms with Crippen LogP contribution < -0.4 is 16.0 Å². The molecule has 1 aromatic heterocycles. The third kappa shape index (κ3) is 9.75. The molecule has 0 saturated carbocycles. The van der Waals surface area contributed by atoms with Crippen LogP contribution >= 0.6 is 11.3 Å². The maximum Gasteiger partial charge on any atom is 0.315 e. The second kappa shape index (κ2) is 17.9. The van der Waals surface area contributed by atoms with Gasteiger partial charge < -0.3 is 20.9 Å². The van der Waals surface area contributed by atoms with Crippen molar-refractivity contribution >= 4 is 46.8 Å². The minimum absolute atomic E-state index is 0.0471. The first-order chi connectivity index (χ1) is 25.2. The summed E-state index contributed by atoms with van der Waals surface area (Å²) in [6.45, 7) is 5.46. The van der Waals surface area contributed by atoms with E-state index in [1.165, 1.54) is 10.0 Å². The molecule has 6 amide bonds. The van der Waals surface area contributed by atoms with E-state index in [1.54, 1.807) is 11.3 Å². The number of rotatable bonds is 13. The maximum atomic E-state index is 14.1. The number of urea groups is 1. The summed E-state index contributed by atoms with van der Waals surface area (Å²) in [6, 6.07) is 10.0. The lowest BCUT2D eigenvalue weighted by atomic mass is 10.00. The molecule has 1 aromatic carbocycles. The molecular weight excluding hydrogens is 685 g/mol. The summed E-state index contributed by atoms with van der Waals surface area (Å²) in [5.74, 6) is -1.30. The van der Waals surface area contributed by atoms with Crippen LogP contribution in [-0.2, 0) is 36.8 Å². The number of fused-ring (bicyclic) bond motifs is 1. The monoisotopic (exact) mass is 734 g/mol. The maximum absolute atomic E-state index is 14.1. The van der Waals surface area contributed by atoms with Crippen LogP contribution in [0, 0.1) is 0 Å². The zero-order chi connectivity index (χ0) is 36.5. The van der Waals surface area contributed by atoms with E-state index in [9.17, 15) is 28.8 Å². The van der Waals surface area contributed by atoms with Crippen molar-refractivity contribution in [2.45, 2.75) is 69.5 Å². The highest BCUT2D eigenvalue weighted by Gasteiger charge is 2.45. The molecule has 4 fully saturated rings. The lowest BCUT2D eigenvalue weighted by molar-refractivity contribution is -0.176. The Labute approximate surface area is 308 Å². The predicted octanol–water partition coefficient (Wildman–Crippen LogP) is 1.02. The number of benzene rings is 1. The SMILES string of the molecule is O=C(NCCc1cccs1)N[C@H]1CCC(=O)N2CCC[C@@H](C(=O)N[C@@H](Cc3ccccc3)C(=O)CN3CCN(CC(=O)N4CCCC4)CC3)N2C1=O. The largest absolute Gasteiger partial charge is 0.344 e. The molecule has 0 bridgehead atoms. The van der Waals surface area contributed by atoms with Crippen LogP contribution in [0.25, 0.3) is 0 Å². The van der Waals surface area contributed by atoms with Crippen molar-refractivity contribution in [3.63, 3.8) is 0 Å². The van der Waals surface area contributed by atoms with Crippen LogP contribution in [0.15, 0.2) is 47.8 Å². The first kappa shape index (κ1) is 37.4. The Morgan fingerprint density at radius 1 is 0.827 bits per heavy atom. The van der Waals surface area contributed by atoms with Gasteiger partial charge in [-0.3, -0.25) is 38.8 Å². The second-order valence-electron chi connectivity index (χ2n) is 14.0. The average Bonchev–Trinajstić information content (AvgIpc) is 3.87. The van der Waals surface area contributed by atoms with Crippen molar-refractivity contribution in [3.8, 4) is 0 Å². The fraction of sp³-hybridized carbons (Fsp3) is 0.568. The smallest absolute Gasteiger partial charge is 0.315 e. The molecule has 5 heterocycles. The summed E-state index contributed by atoms with van der Waals surface area (Å²) in [5, 5.41) is 13.0. The topological polar surface area (TPSA) is 155 Å². The van der Waals surface area contributed by atoms with Gasteiger partial charge in [0.25, 0.3) is 5.91 Å². The van der Waals surface area contributed by atoms with E-state index in [0.717, 1.165) is 36.4 Å². The molecule has 52 heavy (non-hydrogen) atoms. The summed E-state index contributed by atoms with van der Waals surface area (Å²) in [6.07, 6.45) is 4.03. The van der Waals surface area contributed by atoms with E-state index >= 15 is 0 Å². The molecule has 0 spiro atoms. The average molecular weight is 735 g/mol. The normalized spacial score (nSPS) is 22.0. The number of piperazine rings is 1. The number of amides is 6. The molecule has 0 aliphatic carbocycles. The number of nitrogens with zero attached hydrogens (tertiary/aromatic N) is 5. The number of carbonyl (C=O) groups is 6. The lowest BCUT2D eigenvalue weighted by Gasteiger charge is -2.43. The van der Waals surface area contributed by atoms with Gasteiger partial charge in [0.15, 0.2) is 5.78 Å². The van der Waals surface area contributed by atoms with E-state index in [1.807, 2.05) is 52.7 Å². The number of hydrogen-bond acceptors (Lipinski definition) is 9. The molecule has 3 atom stereocenters. The molecule has 4 saturated heterocycles. The lowest BCUT2D eigenvalue weighted by Crippen LogP contribution is -2.65. The molecule has 4 aliphatic rings. The van der Waals surface area contributed by atoms with Gasteiger partial charge >= 0.3 is 6.03 Å². The zero-order valence-corrected chi connectivity index (χ0v) is 30.5. The van der Waals surface area contributed by atoms with Crippen LogP contribution in [0.2, 0.25) is 0 Å². The quantitative estimate of drug-likeness (QED) is 0.276. The van der Waals surface area contributed by atoms with Crippen LogP contribution in [0.5, 0.6) is 0 Å². The first-order valence-corrected chi connectivity index (χ1v) is 19.4. The van der Waals surface area contributed by atoms with Gasteiger partial charge in [0.2, 0.25) is 17.7 Å². The molecule has 6 rings (SSSR count). The Balaban J connectivity index is 1.08. The highest BCUT2D eigenvalue weighted by Crippen LogP contribution is 2.25. The van der Waals surface area contributed by atoms with Gasteiger partial charge in [-0.15, -0.1) is 11.3 Å². The van der Waals surface area contributed by atoms with Gasteiger partial charge in [-0.05, 0) is 62.0 Å². The van der Waals surface area contributed by atoms with Crippen LogP contribution in [0.4, 0.5) is 4.79 Å². The van der Waals surface area contributed by atoms with E-state index < -0.39 is 36.0 Å². The van der Waals surface area contributed by atoms with Crippen molar-refractivity contribution in [2.75, 3.05) is 65.4 Å². The predicted molar refractivity (Wildman–Crippen MR) is 195 cm³/mol. The van der Waals surface area contributed by atoms with E-state index in [2.05, 4.69) is 25.8 Å². The molecule has 2 aromatic rings. The minimum atomic E-state index is -1.02. The highest BCUT2D eigenvalue weighted by atomic mass is 32.1. The summed E-state index contributed by atoms with van der Waals surface area (Å²) < 4.78 is 0. The number of hydrazine groups is 1. The second-order valence-corrected chi connectivity index (χ2v) is 15.1. The molecule has 0 unspecified atom stereocenters. The van der Waals surface area contributed by atoms with Gasteiger partial charge in [0.05, 0.1) is 19.1 Å². The van der Waals surface area contributed by atoms with E-state index in [4.69, 9.17) is 0 Å². The van der Waals surface area contributed by atoms with Gasteiger partial charge in [-0.1, -0.05) is 36.4 Å². The number of likely N-dealkylation sites (tertiary alicyclic amines) is 1. The Bertz CT molecular complexity index is 1560. The number of carbonyl (C=O) groups excluding carboxylic acids is 6. The number of thiophene rings is 1. The summed E-state index contributed by atoms with van der Waals surface area (Å²) in [7, 11) is 0. The molecule has 280 valence electrons. The standard InChI is InChI=1S/C37H50N8O6S/c46-32(25-41-19-21-42(22-20-41)26-34(48)43-16-4-5-17-43)30(24-27-8-2-1-3-9-27)39-35(49)31-11-6-18-44-33(47)13-12-29(36(50)45(31)44)40-37(51)38-15-14-28-10-7-23-52-28/h1-3,7-10,23,29-31H,4-6,11-22,24-26H2,(H,39,49)(H2,38,40,51)/t29-,30-,31-/m0/s1. The fourth-order valence-electron chi connectivity index (χ4n) is 7.43. The molecule has 0 radical (unpaired) electrons. The molecule has 14 nitrogen and oxygen atoms in total. The van der Waals surface area contributed by atoms with Crippen molar-refractivity contribution < 1.29 is 28.8 Å². The van der Waals surface area contributed by atoms with Gasteiger partial charge in [0.1, 0.15) is 12.1 Å². The summed E-state index contributed by atoms with van der Waals surface area (Å²) >= 11 is 1.60. The highest BCUT2D eigenvalue weighted by molar-refractivity contribution is 7.09. The van der Waals surface area contributed by atoms with Gasteiger partial charge in [0, 0.05) is 63.7 Å².